The molecule has 1 amide bonds. The van der Waals surface area contributed by atoms with E-state index in [1.165, 1.54) is 23.2 Å². The molecule has 22 heavy (non-hydrogen) atoms. The zero-order chi connectivity index (χ0) is 15.9. The van der Waals surface area contributed by atoms with Crippen molar-refractivity contribution in [3.8, 4) is 0 Å². The Morgan fingerprint density at radius 1 is 1.36 bits per heavy atom. The Morgan fingerprint density at radius 3 is 2.77 bits per heavy atom. The number of aromatic nitrogens is 3. The minimum Gasteiger partial charge on any atom is -0.332 e. The van der Waals surface area contributed by atoms with E-state index in [2.05, 4.69) is 15.2 Å². The molecular weight excluding hydrogens is 321 g/mol. The molecule has 0 radical (unpaired) electrons. The van der Waals surface area contributed by atoms with Crippen LogP contribution in [-0.2, 0) is 19.1 Å². The lowest BCUT2D eigenvalue weighted by molar-refractivity contribution is -0.142. The van der Waals surface area contributed by atoms with Gasteiger partial charge in [-0.05, 0) is 12.1 Å². The van der Waals surface area contributed by atoms with Crippen molar-refractivity contribution in [3.63, 3.8) is 0 Å². The van der Waals surface area contributed by atoms with Gasteiger partial charge in [0.2, 0.25) is 0 Å². The SMILES string of the molecule is O=C(c1ccc(Cl)cn1)N1CCc2[nH]nc(C(F)(F)F)c2C1. The number of hydrogen-bond donors (Lipinski definition) is 1. The van der Waals surface area contributed by atoms with E-state index < -0.39 is 17.8 Å². The zero-order valence-electron chi connectivity index (χ0n) is 11.1. The molecule has 0 aliphatic carbocycles. The zero-order valence-corrected chi connectivity index (χ0v) is 11.9. The van der Waals surface area contributed by atoms with E-state index in [4.69, 9.17) is 11.6 Å². The second-order valence-corrected chi connectivity index (χ2v) is 5.30. The van der Waals surface area contributed by atoms with Crippen molar-refractivity contribution in [1.82, 2.24) is 20.1 Å². The fourth-order valence-electron chi connectivity index (χ4n) is 2.37. The van der Waals surface area contributed by atoms with Crippen molar-refractivity contribution < 1.29 is 18.0 Å². The number of halogens is 4. The average Bonchev–Trinajstić information content (AvgIpc) is 2.90. The number of pyridine rings is 1. The third-order valence-corrected chi connectivity index (χ3v) is 3.66. The summed E-state index contributed by atoms with van der Waals surface area (Å²) < 4.78 is 38.7. The molecule has 116 valence electrons. The second kappa shape index (κ2) is 5.28. The standard InChI is InChI=1S/C13H10ClF3N4O/c14-7-1-2-10(18-5-7)12(22)21-4-3-9-8(6-21)11(20-19-9)13(15,16)17/h1-2,5H,3-4,6H2,(H,19,20). The molecule has 5 nitrogen and oxygen atoms in total. The first-order valence-corrected chi connectivity index (χ1v) is 6.78. The van der Waals surface area contributed by atoms with E-state index in [0.717, 1.165) is 0 Å². The highest BCUT2D eigenvalue weighted by Crippen LogP contribution is 2.34. The molecule has 2 aromatic heterocycles. The molecule has 3 heterocycles. The van der Waals surface area contributed by atoms with Gasteiger partial charge < -0.3 is 4.90 Å². The number of H-pyrrole nitrogens is 1. The average molecular weight is 331 g/mol. The summed E-state index contributed by atoms with van der Waals surface area (Å²) in [5, 5.41) is 6.11. The van der Waals surface area contributed by atoms with Gasteiger partial charge in [0.25, 0.3) is 5.91 Å². The van der Waals surface area contributed by atoms with Gasteiger partial charge in [0.05, 0.1) is 11.6 Å². The maximum Gasteiger partial charge on any atom is 0.435 e. The fourth-order valence-corrected chi connectivity index (χ4v) is 2.48. The van der Waals surface area contributed by atoms with E-state index in [0.29, 0.717) is 17.3 Å². The lowest BCUT2D eigenvalue weighted by atomic mass is 10.0. The van der Waals surface area contributed by atoms with Crippen LogP contribution in [0.1, 0.15) is 27.4 Å². The summed E-state index contributed by atoms with van der Waals surface area (Å²) in [6, 6.07) is 2.95. The predicted molar refractivity (Wildman–Crippen MR) is 71.3 cm³/mol. The fraction of sp³-hybridized carbons (Fsp3) is 0.308. The maximum absolute atomic E-state index is 12.9. The molecule has 1 aliphatic heterocycles. The number of fused-ring (bicyclic) bond motifs is 1. The van der Waals surface area contributed by atoms with Crippen LogP contribution in [0.15, 0.2) is 18.3 Å². The van der Waals surface area contributed by atoms with Crippen LogP contribution in [0.4, 0.5) is 13.2 Å². The third-order valence-electron chi connectivity index (χ3n) is 3.44. The van der Waals surface area contributed by atoms with E-state index in [1.807, 2.05) is 0 Å². The van der Waals surface area contributed by atoms with Crippen LogP contribution >= 0.6 is 11.6 Å². The Balaban J connectivity index is 1.86. The number of carbonyl (C=O) groups excluding carboxylic acids is 1. The first-order chi connectivity index (χ1) is 10.4. The summed E-state index contributed by atoms with van der Waals surface area (Å²) in [6.07, 6.45) is -2.93. The van der Waals surface area contributed by atoms with Gasteiger partial charge in [-0.1, -0.05) is 11.6 Å². The van der Waals surface area contributed by atoms with E-state index in [9.17, 15) is 18.0 Å². The summed E-state index contributed by atoms with van der Waals surface area (Å²) in [4.78, 5) is 17.5. The summed E-state index contributed by atoms with van der Waals surface area (Å²) in [5.74, 6) is -0.434. The molecule has 0 atom stereocenters. The number of nitrogens with zero attached hydrogens (tertiary/aromatic N) is 3. The summed E-state index contributed by atoms with van der Waals surface area (Å²) in [7, 11) is 0. The number of carbonyl (C=O) groups is 1. The van der Waals surface area contributed by atoms with Crippen molar-refractivity contribution in [2.75, 3.05) is 6.54 Å². The van der Waals surface area contributed by atoms with Gasteiger partial charge in [-0.25, -0.2) is 4.98 Å². The quantitative estimate of drug-likeness (QED) is 0.874. The van der Waals surface area contributed by atoms with Gasteiger partial charge in [-0.15, -0.1) is 0 Å². The summed E-state index contributed by atoms with van der Waals surface area (Å²) in [6.45, 7) is 0.152. The topological polar surface area (TPSA) is 61.9 Å². The smallest absolute Gasteiger partial charge is 0.332 e. The minimum absolute atomic E-state index is 0.0149. The van der Waals surface area contributed by atoms with Crippen molar-refractivity contribution >= 4 is 17.5 Å². The Kier molecular flexibility index (Phi) is 3.56. The number of hydrogen-bond acceptors (Lipinski definition) is 3. The Labute approximate surface area is 128 Å². The second-order valence-electron chi connectivity index (χ2n) is 4.87. The molecule has 0 bridgehead atoms. The molecule has 1 N–H and O–H groups in total. The Morgan fingerprint density at radius 2 is 2.14 bits per heavy atom. The Bertz CT molecular complexity index is 711. The molecule has 9 heteroatoms. The summed E-state index contributed by atoms with van der Waals surface area (Å²) >= 11 is 5.70. The van der Waals surface area contributed by atoms with Crippen LogP contribution in [0.25, 0.3) is 0 Å². The Hall–Kier alpha value is -2.09. The van der Waals surface area contributed by atoms with Gasteiger partial charge in [0.1, 0.15) is 5.69 Å². The third kappa shape index (κ3) is 2.66. The van der Waals surface area contributed by atoms with Crippen LogP contribution in [0.5, 0.6) is 0 Å². The molecule has 0 unspecified atom stereocenters. The van der Waals surface area contributed by atoms with E-state index >= 15 is 0 Å². The van der Waals surface area contributed by atoms with Gasteiger partial charge in [-0.2, -0.15) is 18.3 Å². The highest BCUT2D eigenvalue weighted by atomic mass is 35.5. The molecule has 0 saturated heterocycles. The minimum atomic E-state index is -4.55. The largest absolute Gasteiger partial charge is 0.435 e. The molecule has 2 aromatic rings. The molecular formula is C13H10ClF3N4O. The number of nitrogens with one attached hydrogen (secondary N) is 1. The van der Waals surface area contributed by atoms with Gasteiger partial charge in [0.15, 0.2) is 5.69 Å². The lowest BCUT2D eigenvalue weighted by Crippen LogP contribution is -2.36. The summed E-state index contributed by atoms with van der Waals surface area (Å²) in [5.41, 5.74) is -0.393. The molecule has 1 aliphatic rings. The maximum atomic E-state index is 12.9. The number of aromatic amines is 1. The molecule has 0 aromatic carbocycles. The van der Waals surface area contributed by atoms with Gasteiger partial charge in [0, 0.05) is 30.4 Å². The van der Waals surface area contributed by atoms with Gasteiger partial charge in [-0.3, -0.25) is 9.89 Å². The van der Waals surface area contributed by atoms with Crippen LogP contribution < -0.4 is 0 Å². The highest BCUT2D eigenvalue weighted by Gasteiger charge is 2.40. The lowest BCUT2D eigenvalue weighted by Gasteiger charge is -2.27. The van der Waals surface area contributed by atoms with Crippen molar-refractivity contribution in [3.05, 3.63) is 46.0 Å². The van der Waals surface area contributed by atoms with Crippen molar-refractivity contribution in [1.29, 1.82) is 0 Å². The van der Waals surface area contributed by atoms with Crippen LogP contribution in [0.3, 0.4) is 0 Å². The molecule has 3 rings (SSSR count). The van der Waals surface area contributed by atoms with Crippen molar-refractivity contribution in [2.24, 2.45) is 0 Å². The van der Waals surface area contributed by atoms with Crippen LogP contribution in [0, 0.1) is 0 Å². The van der Waals surface area contributed by atoms with Crippen LogP contribution in [-0.4, -0.2) is 32.5 Å². The molecule has 0 fully saturated rings. The number of amides is 1. The van der Waals surface area contributed by atoms with Gasteiger partial charge >= 0.3 is 6.18 Å². The number of rotatable bonds is 1. The van der Waals surface area contributed by atoms with E-state index in [1.54, 1.807) is 0 Å². The number of alkyl halides is 3. The predicted octanol–water partition coefficient (Wildman–Crippen LogP) is 2.68. The van der Waals surface area contributed by atoms with Crippen LogP contribution in [0.2, 0.25) is 5.02 Å². The molecule has 0 spiro atoms. The monoisotopic (exact) mass is 330 g/mol. The van der Waals surface area contributed by atoms with Crippen molar-refractivity contribution in [2.45, 2.75) is 19.1 Å². The first-order valence-electron chi connectivity index (χ1n) is 6.40. The highest BCUT2D eigenvalue weighted by molar-refractivity contribution is 6.30. The normalized spacial score (nSPS) is 14.8. The van der Waals surface area contributed by atoms with E-state index in [-0.39, 0.29) is 24.2 Å². The first kappa shape index (κ1) is 14.8. The molecule has 0 saturated carbocycles.